The van der Waals surface area contributed by atoms with E-state index in [9.17, 15) is 18.5 Å². The summed E-state index contributed by atoms with van der Waals surface area (Å²) in [6.07, 6.45) is 0.763. The molecule has 10 heteroatoms. The maximum atomic E-state index is 13.0. The fraction of sp³-hybridized carbons (Fsp3) is 0.600. The molecule has 1 aromatic carbocycles. The monoisotopic (exact) mass is 390 g/mol. The van der Waals surface area contributed by atoms with Crippen molar-refractivity contribution in [2.45, 2.75) is 24.3 Å². The topological polar surface area (TPSA) is 95.8 Å². The van der Waals surface area contributed by atoms with Crippen molar-refractivity contribution in [3.8, 4) is 0 Å². The third kappa shape index (κ3) is 3.95. The van der Waals surface area contributed by atoms with Crippen LogP contribution >= 0.6 is 12.4 Å². The molecule has 3 rings (SSSR count). The van der Waals surface area contributed by atoms with Crippen LogP contribution in [-0.4, -0.2) is 67.9 Å². The molecule has 1 N–H and O–H groups in total. The lowest BCUT2D eigenvalue weighted by Gasteiger charge is -2.32. The van der Waals surface area contributed by atoms with Crippen molar-refractivity contribution in [3.05, 3.63) is 33.9 Å². The first-order valence-corrected chi connectivity index (χ1v) is 9.54. The average molecular weight is 391 g/mol. The zero-order chi connectivity index (χ0) is 17.3. The highest BCUT2D eigenvalue weighted by atomic mass is 35.5. The minimum absolute atomic E-state index is 0. The van der Waals surface area contributed by atoms with Crippen LogP contribution in [0, 0.1) is 17.0 Å². The van der Waals surface area contributed by atoms with Crippen LogP contribution in [0.3, 0.4) is 0 Å². The van der Waals surface area contributed by atoms with Crippen LogP contribution in [-0.2, 0) is 10.0 Å². The standard InChI is InChI=1S/C15H22N4O4S.ClH/c1-12-3-2-4-14(19(20)21)15(12)24(22,23)18-8-5-13(11-18)17-9-6-16-7-10-17;/h2-4,13,16H,5-11H2,1H3;1H. The second kappa shape index (κ2) is 7.96. The van der Waals surface area contributed by atoms with E-state index in [2.05, 4.69) is 10.2 Å². The largest absolute Gasteiger partial charge is 0.314 e. The van der Waals surface area contributed by atoms with Gasteiger partial charge in [0.2, 0.25) is 10.0 Å². The lowest BCUT2D eigenvalue weighted by atomic mass is 10.2. The van der Waals surface area contributed by atoms with Crippen molar-refractivity contribution in [3.63, 3.8) is 0 Å². The van der Waals surface area contributed by atoms with Gasteiger partial charge in [0, 0.05) is 51.4 Å². The van der Waals surface area contributed by atoms with Gasteiger partial charge >= 0.3 is 0 Å². The van der Waals surface area contributed by atoms with E-state index in [1.165, 1.54) is 16.4 Å². The van der Waals surface area contributed by atoms with Crippen molar-refractivity contribution < 1.29 is 13.3 Å². The maximum absolute atomic E-state index is 13.0. The van der Waals surface area contributed by atoms with Gasteiger partial charge in [0.15, 0.2) is 4.90 Å². The molecule has 0 bridgehead atoms. The minimum Gasteiger partial charge on any atom is -0.314 e. The van der Waals surface area contributed by atoms with E-state index in [4.69, 9.17) is 0 Å². The van der Waals surface area contributed by atoms with E-state index in [0.29, 0.717) is 18.7 Å². The third-order valence-corrected chi connectivity index (χ3v) is 6.84. The first-order chi connectivity index (χ1) is 11.4. The van der Waals surface area contributed by atoms with E-state index in [-0.39, 0.29) is 29.0 Å². The number of benzene rings is 1. The van der Waals surface area contributed by atoms with Crippen LogP contribution in [0.4, 0.5) is 5.69 Å². The normalized spacial score (nSPS) is 22.5. The fourth-order valence-electron chi connectivity index (χ4n) is 3.52. The van der Waals surface area contributed by atoms with Gasteiger partial charge in [0.1, 0.15) is 0 Å². The number of sulfonamides is 1. The van der Waals surface area contributed by atoms with Crippen LogP contribution in [0.15, 0.2) is 23.1 Å². The SMILES string of the molecule is Cc1cccc([N+](=O)[O-])c1S(=O)(=O)N1CCC(N2CCNCC2)C1.Cl. The Morgan fingerprint density at radius 3 is 2.56 bits per heavy atom. The van der Waals surface area contributed by atoms with Gasteiger partial charge in [0.05, 0.1) is 4.92 Å². The Hall–Kier alpha value is -1.26. The summed E-state index contributed by atoms with van der Waals surface area (Å²) in [6.45, 7) is 6.03. The number of rotatable bonds is 4. The third-order valence-electron chi connectivity index (χ3n) is 4.78. The van der Waals surface area contributed by atoms with E-state index in [1.54, 1.807) is 13.0 Å². The highest BCUT2D eigenvalue weighted by molar-refractivity contribution is 7.89. The van der Waals surface area contributed by atoms with Gasteiger partial charge in [-0.3, -0.25) is 15.0 Å². The van der Waals surface area contributed by atoms with E-state index >= 15 is 0 Å². The molecule has 2 fully saturated rings. The molecule has 25 heavy (non-hydrogen) atoms. The highest BCUT2D eigenvalue weighted by Gasteiger charge is 2.39. The molecule has 2 aliphatic heterocycles. The summed E-state index contributed by atoms with van der Waals surface area (Å²) in [5, 5.41) is 14.5. The van der Waals surface area contributed by atoms with Crippen molar-refractivity contribution in [1.29, 1.82) is 0 Å². The van der Waals surface area contributed by atoms with Gasteiger partial charge in [-0.25, -0.2) is 8.42 Å². The number of hydrogen-bond acceptors (Lipinski definition) is 6. The van der Waals surface area contributed by atoms with Crippen LogP contribution in [0.5, 0.6) is 0 Å². The zero-order valence-corrected chi connectivity index (χ0v) is 15.7. The summed E-state index contributed by atoms with van der Waals surface area (Å²) in [5.74, 6) is 0. The lowest BCUT2D eigenvalue weighted by molar-refractivity contribution is -0.387. The molecule has 0 saturated carbocycles. The molecule has 8 nitrogen and oxygen atoms in total. The number of nitrogens with zero attached hydrogens (tertiary/aromatic N) is 3. The van der Waals surface area contributed by atoms with E-state index in [1.807, 2.05) is 0 Å². The Kier molecular flexibility index (Phi) is 6.39. The van der Waals surface area contributed by atoms with Crippen LogP contribution in [0.1, 0.15) is 12.0 Å². The average Bonchev–Trinajstić information content (AvgIpc) is 3.06. The summed E-state index contributed by atoms with van der Waals surface area (Å²) in [7, 11) is -3.87. The summed E-state index contributed by atoms with van der Waals surface area (Å²) in [4.78, 5) is 12.8. The Bertz CT molecular complexity index is 737. The molecule has 0 aliphatic carbocycles. The van der Waals surface area contributed by atoms with E-state index in [0.717, 1.165) is 32.6 Å². The van der Waals surface area contributed by atoms with Crippen LogP contribution in [0.2, 0.25) is 0 Å². The summed E-state index contributed by atoms with van der Waals surface area (Å²) in [5.41, 5.74) is 0.0652. The van der Waals surface area contributed by atoms with Gasteiger partial charge in [-0.05, 0) is 18.9 Å². The Morgan fingerprint density at radius 1 is 1.24 bits per heavy atom. The second-order valence-electron chi connectivity index (χ2n) is 6.27. The Balaban J connectivity index is 0.00000225. The lowest BCUT2D eigenvalue weighted by Crippen LogP contribution is -2.49. The molecule has 1 aromatic rings. The van der Waals surface area contributed by atoms with Gasteiger partial charge in [-0.15, -0.1) is 12.4 Å². The predicted octanol–water partition coefficient (Wildman–Crippen LogP) is 0.993. The zero-order valence-electron chi connectivity index (χ0n) is 14.1. The molecule has 0 radical (unpaired) electrons. The molecule has 2 heterocycles. The molecule has 0 aromatic heterocycles. The minimum atomic E-state index is -3.87. The van der Waals surface area contributed by atoms with Crippen LogP contribution < -0.4 is 5.32 Å². The van der Waals surface area contributed by atoms with Crippen molar-refractivity contribution in [2.75, 3.05) is 39.3 Å². The summed E-state index contributed by atoms with van der Waals surface area (Å²) >= 11 is 0. The predicted molar refractivity (Wildman–Crippen MR) is 96.7 cm³/mol. The van der Waals surface area contributed by atoms with Crippen molar-refractivity contribution in [1.82, 2.24) is 14.5 Å². The smallest absolute Gasteiger partial charge is 0.289 e. The summed E-state index contributed by atoms with van der Waals surface area (Å²) in [6, 6.07) is 4.55. The number of halogens is 1. The van der Waals surface area contributed by atoms with Gasteiger partial charge < -0.3 is 5.32 Å². The number of aryl methyl sites for hydroxylation is 1. The summed E-state index contributed by atoms with van der Waals surface area (Å²) < 4.78 is 27.4. The molecule has 140 valence electrons. The molecule has 2 saturated heterocycles. The Morgan fingerprint density at radius 2 is 1.92 bits per heavy atom. The second-order valence-corrected chi connectivity index (χ2v) is 8.15. The van der Waals surface area contributed by atoms with Crippen LogP contribution in [0.25, 0.3) is 0 Å². The maximum Gasteiger partial charge on any atom is 0.289 e. The number of piperazine rings is 1. The fourth-order valence-corrected chi connectivity index (χ4v) is 5.37. The van der Waals surface area contributed by atoms with E-state index < -0.39 is 14.9 Å². The van der Waals surface area contributed by atoms with Crippen molar-refractivity contribution >= 4 is 28.1 Å². The molecule has 0 spiro atoms. The first-order valence-electron chi connectivity index (χ1n) is 8.10. The molecular weight excluding hydrogens is 368 g/mol. The number of nitro groups is 1. The molecular formula is C15H23ClN4O4S. The van der Waals surface area contributed by atoms with Gasteiger partial charge in [0.25, 0.3) is 5.69 Å². The Labute approximate surface area is 153 Å². The molecule has 2 aliphatic rings. The number of nitrogens with one attached hydrogen (secondary N) is 1. The highest BCUT2D eigenvalue weighted by Crippen LogP contribution is 2.32. The van der Waals surface area contributed by atoms with Gasteiger partial charge in [-0.1, -0.05) is 12.1 Å². The molecule has 0 amide bonds. The quantitative estimate of drug-likeness (QED) is 0.608. The first kappa shape index (κ1) is 20.1. The molecule has 1 atom stereocenters. The van der Waals surface area contributed by atoms with Gasteiger partial charge in [-0.2, -0.15) is 4.31 Å². The number of hydrogen-bond donors (Lipinski definition) is 1. The molecule has 1 unspecified atom stereocenters. The number of nitro benzene ring substituents is 1. The van der Waals surface area contributed by atoms with Crippen molar-refractivity contribution in [2.24, 2.45) is 0 Å².